The highest BCUT2D eigenvalue weighted by Gasteiger charge is 2.09. The number of allylic oxidation sites excluding steroid dienone is 1. The first-order chi connectivity index (χ1) is 10.7. The van der Waals surface area contributed by atoms with Crippen molar-refractivity contribution in [2.75, 3.05) is 0 Å². The van der Waals surface area contributed by atoms with E-state index in [1.807, 2.05) is 22.8 Å². The lowest BCUT2D eigenvalue weighted by atomic mass is 10.3. The van der Waals surface area contributed by atoms with Crippen molar-refractivity contribution in [2.45, 2.75) is 6.54 Å². The predicted octanol–water partition coefficient (Wildman–Crippen LogP) is 3.07. The van der Waals surface area contributed by atoms with Gasteiger partial charge in [0, 0.05) is 24.0 Å². The summed E-state index contributed by atoms with van der Waals surface area (Å²) < 4.78 is 2.87. The minimum absolute atomic E-state index is 0.211. The number of aromatic nitrogens is 3. The number of carbonyl (C=O) groups excluding carboxylic acids is 1. The van der Waals surface area contributed by atoms with Gasteiger partial charge in [0.1, 0.15) is 5.69 Å². The molecule has 0 saturated carbocycles. The van der Waals surface area contributed by atoms with E-state index < -0.39 is 5.91 Å². The lowest BCUT2D eigenvalue weighted by molar-refractivity contribution is 0.0993. The Bertz CT molecular complexity index is 914. The molecule has 3 rings (SSSR count). The molecule has 0 saturated heterocycles. The molecule has 7 heteroatoms. The van der Waals surface area contributed by atoms with Gasteiger partial charge in [-0.2, -0.15) is 4.99 Å². The minimum atomic E-state index is -0.427. The molecule has 0 atom stereocenters. The SMILES string of the molecule is C=CCn1c(=NC(=O)c2cnccn2)sc2cc(Cl)ccc21. The predicted molar refractivity (Wildman–Crippen MR) is 86.9 cm³/mol. The number of benzene rings is 1. The Hall–Kier alpha value is -2.31. The molecule has 0 bridgehead atoms. The number of hydrogen-bond acceptors (Lipinski definition) is 4. The molecule has 0 N–H and O–H groups in total. The van der Waals surface area contributed by atoms with Gasteiger partial charge >= 0.3 is 0 Å². The van der Waals surface area contributed by atoms with Crippen LogP contribution < -0.4 is 4.80 Å². The normalized spacial score (nSPS) is 11.8. The van der Waals surface area contributed by atoms with Gasteiger partial charge in [-0.3, -0.25) is 9.78 Å². The van der Waals surface area contributed by atoms with Crippen molar-refractivity contribution >= 4 is 39.1 Å². The molecule has 2 aromatic heterocycles. The second-order valence-corrected chi connectivity index (χ2v) is 5.85. The molecule has 0 fully saturated rings. The lowest BCUT2D eigenvalue weighted by Crippen LogP contribution is -2.16. The maximum absolute atomic E-state index is 12.2. The van der Waals surface area contributed by atoms with Crippen LogP contribution in [0.4, 0.5) is 0 Å². The van der Waals surface area contributed by atoms with Crippen LogP contribution in [0.25, 0.3) is 10.2 Å². The molecule has 110 valence electrons. The van der Waals surface area contributed by atoms with Crippen molar-refractivity contribution in [1.29, 1.82) is 0 Å². The van der Waals surface area contributed by atoms with Gasteiger partial charge < -0.3 is 4.57 Å². The molecule has 0 spiro atoms. The average molecular weight is 331 g/mol. The number of nitrogens with zero attached hydrogens (tertiary/aromatic N) is 4. The van der Waals surface area contributed by atoms with Gasteiger partial charge in [0.15, 0.2) is 4.80 Å². The Morgan fingerprint density at radius 3 is 3.05 bits per heavy atom. The zero-order valence-corrected chi connectivity index (χ0v) is 13.0. The lowest BCUT2D eigenvalue weighted by Gasteiger charge is -2.00. The van der Waals surface area contributed by atoms with Crippen LogP contribution in [0.2, 0.25) is 5.02 Å². The van der Waals surface area contributed by atoms with Gasteiger partial charge in [0.25, 0.3) is 5.91 Å². The fourth-order valence-corrected chi connectivity index (χ4v) is 3.31. The zero-order valence-electron chi connectivity index (χ0n) is 11.4. The van der Waals surface area contributed by atoms with E-state index in [-0.39, 0.29) is 5.69 Å². The van der Waals surface area contributed by atoms with Crippen molar-refractivity contribution in [2.24, 2.45) is 4.99 Å². The fourth-order valence-electron chi connectivity index (χ4n) is 1.99. The quantitative estimate of drug-likeness (QED) is 0.693. The number of rotatable bonds is 3. The molecule has 0 aliphatic heterocycles. The van der Waals surface area contributed by atoms with Gasteiger partial charge in [-0.1, -0.05) is 29.0 Å². The van der Waals surface area contributed by atoms with Crippen LogP contribution in [-0.2, 0) is 6.54 Å². The number of amides is 1. The largest absolute Gasteiger partial charge is 0.312 e. The highest BCUT2D eigenvalue weighted by molar-refractivity contribution is 7.16. The summed E-state index contributed by atoms with van der Waals surface area (Å²) >= 11 is 7.42. The first kappa shape index (κ1) is 14.6. The van der Waals surface area contributed by atoms with Gasteiger partial charge in [0.2, 0.25) is 0 Å². The molecule has 1 amide bonds. The molecule has 22 heavy (non-hydrogen) atoms. The molecule has 0 aliphatic rings. The fraction of sp³-hybridized carbons (Fsp3) is 0.0667. The van der Waals surface area contributed by atoms with Crippen LogP contribution in [0, 0.1) is 0 Å². The zero-order chi connectivity index (χ0) is 15.5. The van der Waals surface area contributed by atoms with E-state index in [4.69, 9.17) is 11.6 Å². The number of carbonyl (C=O) groups is 1. The van der Waals surface area contributed by atoms with E-state index in [0.717, 1.165) is 10.2 Å². The van der Waals surface area contributed by atoms with Crippen molar-refractivity contribution in [3.05, 3.63) is 65.0 Å². The summed E-state index contributed by atoms with van der Waals surface area (Å²) in [6.07, 6.45) is 6.13. The summed E-state index contributed by atoms with van der Waals surface area (Å²) in [7, 11) is 0. The van der Waals surface area contributed by atoms with Gasteiger partial charge in [0.05, 0.1) is 16.4 Å². The number of hydrogen-bond donors (Lipinski definition) is 0. The van der Waals surface area contributed by atoms with Crippen LogP contribution in [0.15, 0.2) is 54.4 Å². The van der Waals surface area contributed by atoms with E-state index >= 15 is 0 Å². The topological polar surface area (TPSA) is 60.1 Å². The third kappa shape index (κ3) is 2.84. The van der Waals surface area contributed by atoms with E-state index in [9.17, 15) is 4.79 Å². The first-order valence-corrected chi connectivity index (χ1v) is 7.63. The second-order valence-electron chi connectivity index (χ2n) is 4.40. The van der Waals surface area contributed by atoms with Gasteiger partial charge in [-0.05, 0) is 18.2 Å². The second kappa shape index (κ2) is 6.21. The molecule has 3 aromatic rings. The van der Waals surface area contributed by atoms with Crippen molar-refractivity contribution < 1.29 is 4.79 Å². The summed E-state index contributed by atoms with van der Waals surface area (Å²) in [5.41, 5.74) is 1.17. The third-order valence-electron chi connectivity index (χ3n) is 2.94. The Morgan fingerprint density at radius 1 is 1.45 bits per heavy atom. The Balaban J connectivity index is 2.17. The molecule has 5 nitrogen and oxygen atoms in total. The van der Waals surface area contributed by atoms with Crippen LogP contribution in [0.1, 0.15) is 10.5 Å². The molecule has 0 unspecified atom stereocenters. The van der Waals surface area contributed by atoms with Gasteiger partial charge in [-0.15, -0.1) is 6.58 Å². The third-order valence-corrected chi connectivity index (χ3v) is 4.21. The molecule has 0 radical (unpaired) electrons. The van der Waals surface area contributed by atoms with Crippen molar-refractivity contribution in [1.82, 2.24) is 14.5 Å². The van der Waals surface area contributed by atoms with Crippen molar-refractivity contribution in [3.8, 4) is 0 Å². The molecule has 0 aliphatic carbocycles. The van der Waals surface area contributed by atoms with Crippen LogP contribution in [0.5, 0.6) is 0 Å². The highest BCUT2D eigenvalue weighted by Crippen LogP contribution is 2.21. The van der Waals surface area contributed by atoms with E-state index in [1.165, 1.54) is 29.9 Å². The monoisotopic (exact) mass is 330 g/mol. The van der Waals surface area contributed by atoms with Crippen molar-refractivity contribution in [3.63, 3.8) is 0 Å². The Labute approximate surface area is 135 Å². The standard InChI is InChI=1S/C15H11ClN4OS/c1-2-7-20-12-4-3-10(16)8-13(12)22-15(20)19-14(21)11-9-17-5-6-18-11/h2-6,8-9H,1,7H2. The van der Waals surface area contributed by atoms with E-state index in [0.29, 0.717) is 16.4 Å². The number of thiazole rings is 1. The molecular weight excluding hydrogens is 320 g/mol. The van der Waals surface area contributed by atoms with Crippen LogP contribution >= 0.6 is 22.9 Å². The summed E-state index contributed by atoms with van der Waals surface area (Å²) in [5.74, 6) is -0.427. The van der Waals surface area contributed by atoms with E-state index in [2.05, 4.69) is 21.5 Å². The summed E-state index contributed by atoms with van der Waals surface area (Å²) in [6.45, 7) is 4.30. The summed E-state index contributed by atoms with van der Waals surface area (Å²) in [5, 5.41) is 0.645. The smallest absolute Gasteiger partial charge is 0.299 e. The Kier molecular flexibility index (Phi) is 4.13. The van der Waals surface area contributed by atoms with Crippen LogP contribution in [-0.4, -0.2) is 20.4 Å². The maximum Gasteiger partial charge on any atom is 0.299 e. The maximum atomic E-state index is 12.2. The number of fused-ring (bicyclic) bond motifs is 1. The Morgan fingerprint density at radius 2 is 2.32 bits per heavy atom. The van der Waals surface area contributed by atoms with E-state index in [1.54, 1.807) is 6.08 Å². The van der Waals surface area contributed by atoms with Crippen LogP contribution in [0.3, 0.4) is 0 Å². The summed E-state index contributed by atoms with van der Waals surface area (Å²) in [4.78, 5) is 24.8. The highest BCUT2D eigenvalue weighted by atomic mass is 35.5. The summed E-state index contributed by atoms with van der Waals surface area (Å²) in [6, 6.07) is 5.57. The molecular formula is C15H11ClN4OS. The number of halogens is 1. The van der Waals surface area contributed by atoms with Gasteiger partial charge in [-0.25, -0.2) is 4.98 Å². The average Bonchev–Trinajstić information content (AvgIpc) is 2.85. The molecule has 2 heterocycles. The minimum Gasteiger partial charge on any atom is -0.312 e. The first-order valence-electron chi connectivity index (χ1n) is 6.44. The molecule has 1 aromatic carbocycles.